The zero-order valence-electron chi connectivity index (χ0n) is 13.0. The Morgan fingerprint density at radius 2 is 1.76 bits per heavy atom. The number of piperazine rings is 1. The quantitative estimate of drug-likeness (QED) is 0.823. The summed E-state index contributed by atoms with van der Waals surface area (Å²) in [6, 6.07) is 1.68. The molecule has 2 heterocycles. The Bertz CT molecular complexity index is 516. The molecular weight excluding hydrogens is 272 g/mol. The average molecular weight is 294 g/mol. The minimum atomic E-state index is -0.136. The molecule has 1 saturated heterocycles. The van der Waals surface area contributed by atoms with Crippen molar-refractivity contribution in [3.8, 4) is 0 Å². The highest BCUT2D eigenvalue weighted by molar-refractivity contribution is 5.92. The zero-order chi connectivity index (χ0) is 15.6. The third-order valence-electron chi connectivity index (χ3n) is 3.54. The van der Waals surface area contributed by atoms with Crippen LogP contribution < -0.4 is 0 Å². The lowest BCUT2D eigenvalue weighted by atomic mass is 10.1. The van der Waals surface area contributed by atoms with E-state index in [0.717, 1.165) is 0 Å². The van der Waals surface area contributed by atoms with Gasteiger partial charge in [-0.25, -0.2) is 4.79 Å². The Balaban J connectivity index is 1.95. The van der Waals surface area contributed by atoms with Gasteiger partial charge in [0, 0.05) is 52.3 Å². The van der Waals surface area contributed by atoms with Crippen LogP contribution in [-0.4, -0.2) is 72.1 Å². The molecule has 1 fully saturated rings. The Hall–Kier alpha value is -2.05. The molecule has 0 bridgehead atoms. The van der Waals surface area contributed by atoms with E-state index in [1.807, 2.05) is 13.8 Å². The van der Waals surface area contributed by atoms with Crippen LogP contribution in [-0.2, 0) is 0 Å². The van der Waals surface area contributed by atoms with E-state index in [9.17, 15) is 9.59 Å². The van der Waals surface area contributed by atoms with Gasteiger partial charge in [0.25, 0.3) is 5.91 Å². The highest BCUT2D eigenvalue weighted by atomic mass is 16.5. The lowest BCUT2D eigenvalue weighted by Gasteiger charge is -2.35. The van der Waals surface area contributed by atoms with Crippen molar-refractivity contribution in [3.63, 3.8) is 0 Å². The molecule has 0 spiro atoms. The number of rotatable bonds is 2. The molecular formula is C14H22N4O3. The molecule has 2 rings (SSSR count). The summed E-state index contributed by atoms with van der Waals surface area (Å²) in [6.45, 7) is 6.08. The summed E-state index contributed by atoms with van der Waals surface area (Å²) in [5, 5.41) is 3.84. The van der Waals surface area contributed by atoms with E-state index in [1.165, 1.54) is 0 Å². The molecule has 0 N–H and O–H groups in total. The van der Waals surface area contributed by atoms with E-state index >= 15 is 0 Å². The molecule has 21 heavy (non-hydrogen) atoms. The fourth-order valence-corrected chi connectivity index (χ4v) is 2.21. The van der Waals surface area contributed by atoms with E-state index in [-0.39, 0.29) is 17.9 Å². The molecule has 1 aliphatic heterocycles. The number of carbonyl (C=O) groups excluding carboxylic acids is 2. The third kappa shape index (κ3) is 3.34. The molecule has 3 amide bonds. The Kier molecular flexibility index (Phi) is 4.50. The first kappa shape index (κ1) is 15.3. The normalized spacial score (nSPS) is 15.5. The minimum Gasteiger partial charge on any atom is -0.360 e. The van der Waals surface area contributed by atoms with Crippen molar-refractivity contribution in [2.75, 3.05) is 40.3 Å². The van der Waals surface area contributed by atoms with Crippen molar-refractivity contribution in [3.05, 3.63) is 17.5 Å². The minimum absolute atomic E-state index is 0.0226. The van der Waals surface area contributed by atoms with Gasteiger partial charge in [-0.1, -0.05) is 19.0 Å². The van der Waals surface area contributed by atoms with Gasteiger partial charge < -0.3 is 19.2 Å². The summed E-state index contributed by atoms with van der Waals surface area (Å²) in [7, 11) is 3.45. The van der Waals surface area contributed by atoms with Crippen LogP contribution in [0.2, 0.25) is 0 Å². The Morgan fingerprint density at radius 3 is 2.24 bits per heavy atom. The molecule has 7 heteroatoms. The summed E-state index contributed by atoms with van der Waals surface area (Å²) in [5.41, 5.74) is 0.339. The molecule has 0 unspecified atom stereocenters. The fourth-order valence-electron chi connectivity index (χ4n) is 2.21. The summed E-state index contributed by atoms with van der Waals surface area (Å²) >= 11 is 0. The largest absolute Gasteiger partial charge is 0.360 e. The number of hydrogen-bond acceptors (Lipinski definition) is 4. The molecule has 0 atom stereocenters. The van der Waals surface area contributed by atoms with Gasteiger partial charge >= 0.3 is 6.03 Å². The second-order valence-electron chi connectivity index (χ2n) is 5.73. The van der Waals surface area contributed by atoms with Crippen LogP contribution in [0.5, 0.6) is 0 Å². The van der Waals surface area contributed by atoms with Crippen molar-refractivity contribution < 1.29 is 14.1 Å². The number of carbonyl (C=O) groups is 2. The second-order valence-corrected chi connectivity index (χ2v) is 5.73. The first-order chi connectivity index (χ1) is 9.90. The molecule has 0 saturated carbocycles. The highest BCUT2D eigenvalue weighted by Crippen LogP contribution is 2.17. The predicted octanol–water partition coefficient (Wildman–Crippen LogP) is 1.24. The maximum absolute atomic E-state index is 12.3. The van der Waals surface area contributed by atoms with Gasteiger partial charge in [-0.2, -0.15) is 0 Å². The first-order valence-corrected chi connectivity index (χ1v) is 7.12. The van der Waals surface area contributed by atoms with Crippen molar-refractivity contribution in [1.82, 2.24) is 19.9 Å². The molecule has 0 aromatic carbocycles. The van der Waals surface area contributed by atoms with E-state index in [1.54, 1.807) is 34.9 Å². The molecule has 1 aromatic rings. The van der Waals surface area contributed by atoms with Crippen LogP contribution in [0.4, 0.5) is 4.79 Å². The van der Waals surface area contributed by atoms with Crippen molar-refractivity contribution in [1.29, 1.82) is 0 Å². The molecule has 0 aliphatic carbocycles. The van der Waals surface area contributed by atoms with E-state index in [4.69, 9.17) is 4.52 Å². The van der Waals surface area contributed by atoms with Gasteiger partial charge in [0.15, 0.2) is 5.69 Å². The van der Waals surface area contributed by atoms with Gasteiger partial charge in [0.1, 0.15) is 5.76 Å². The molecule has 7 nitrogen and oxygen atoms in total. The van der Waals surface area contributed by atoms with Crippen LogP contribution in [0, 0.1) is 0 Å². The zero-order valence-corrected chi connectivity index (χ0v) is 13.0. The maximum atomic E-state index is 12.3. The number of amides is 3. The first-order valence-electron chi connectivity index (χ1n) is 7.12. The van der Waals surface area contributed by atoms with Crippen molar-refractivity contribution >= 4 is 11.9 Å². The fraction of sp³-hybridized carbons (Fsp3) is 0.643. The summed E-state index contributed by atoms with van der Waals surface area (Å²) in [6.07, 6.45) is 0. The van der Waals surface area contributed by atoms with E-state index < -0.39 is 0 Å². The smallest absolute Gasteiger partial charge is 0.319 e. The summed E-state index contributed by atoms with van der Waals surface area (Å²) in [4.78, 5) is 29.2. The molecule has 0 radical (unpaired) electrons. The Morgan fingerprint density at radius 1 is 1.19 bits per heavy atom. The van der Waals surface area contributed by atoms with Gasteiger partial charge in [-0.3, -0.25) is 4.79 Å². The summed E-state index contributed by atoms with van der Waals surface area (Å²) < 4.78 is 5.16. The number of urea groups is 1. The SMILES string of the molecule is CC(C)c1cc(C(=O)N2CCN(C(=O)N(C)C)CC2)no1. The molecule has 1 aliphatic rings. The van der Waals surface area contributed by atoms with Gasteiger partial charge in [0.05, 0.1) is 0 Å². The summed E-state index contributed by atoms with van der Waals surface area (Å²) in [5.74, 6) is 0.774. The highest BCUT2D eigenvalue weighted by Gasteiger charge is 2.27. The van der Waals surface area contributed by atoms with Crippen molar-refractivity contribution in [2.24, 2.45) is 0 Å². The second kappa shape index (κ2) is 6.15. The maximum Gasteiger partial charge on any atom is 0.319 e. The third-order valence-corrected chi connectivity index (χ3v) is 3.54. The standard InChI is InChI=1S/C14H22N4O3/c1-10(2)12-9-11(15-21-12)13(19)17-5-7-18(8-6-17)14(20)16(3)4/h9-10H,5-8H2,1-4H3. The van der Waals surface area contributed by atoms with Crippen LogP contribution >= 0.6 is 0 Å². The molecule has 1 aromatic heterocycles. The lowest BCUT2D eigenvalue weighted by Crippen LogP contribution is -2.52. The van der Waals surface area contributed by atoms with Crippen LogP contribution in [0.1, 0.15) is 36.0 Å². The topological polar surface area (TPSA) is 69.9 Å². The van der Waals surface area contributed by atoms with Crippen LogP contribution in [0.25, 0.3) is 0 Å². The lowest BCUT2D eigenvalue weighted by molar-refractivity contribution is 0.0640. The number of hydrogen-bond donors (Lipinski definition) is 0. The van der Waals surface area contributed by atoms with Gasteiger partial charge in [-0.15, -0.1) is 0 Å². The number of nitrogens with zero attached hydrogens (tertiary/aromatic N) is 4. The number of aromatic nitrogens is 1. The average Bonchev–Trinajstić information content (AvgIpc) is 2.96. The Labute approximate surface area is 124 Å². The van der Waals surface area contributed by atoms with Crippen LogP contribution in [0.15, 0.2) is 10.6 Å². The molecule has 116 valence electrons. The monoisotopic (exact) mass is 294 g/mol. The predicted molar refractivity (Wildman–Crippen MR) is 77.2 cm³/mol. The van der Waals surface area contributed by atoms with Crippen molar-refractivity contribution in [2.45, 2.75) is 19.8 Å². The van der Waals surface area contributed by atoms with E-state index in [2.05, 4.69) is 5.16 Å². The van der Waals surface area contributed by atoms with E-state index in [0.29, 0.717) is 37.6 Å². The van der Waals surface area contributed by atoms with Gasteiger partial charge in [0.2, 0.25) is 0 Å². The van der Waals surface area contributed by atoms with Crippen LogP contribution in [0.3, 0.4) is 0 Å². The van der Waals surface area contributed by atoms with Gasteiger partial charge in [-0.05, 0) is 0 Å².